The van der Waals surface area contributed by atoms with E-state index in [4.69, 9.17) is 25.6 Å². The molecule has 7 nitrogen and oxygen atoms in total. The van der Waals surface area contributed by atoms with Gasteiger partial charge in [0.25, 0.3) is 0 Å². The van der Waals surface area contributed by atoms with E-state index in [0.717, 1.165) is 0 Å². The molecule has 0 unspecified atom stereocenters. The van der Waals surface area contributed by atoms with Crippen molar-refractivity contribution in [2.75, 3.05) is 20.8 Å². The number of aromatic nitrogens is 1. The van der Waals surface area contributed by atoms with Crippen molar-refractivity contribution in [2.24, 2.45) is 0 Å². The lowest BCUT2D eigenvalue weighted by molar-refractivity contribution is 0.381. The Hall–Kier alpha value is -2.55. The van der Waals surface area contributed by atoms with E-state index in [0.29, 0.717) is 33.5 Å². The minimum atomic E-state index is -3.70. The van der Waals surface area contributed by atoms with Crippen LogP contribution in [-0.4, -0.2) is 38.6 Å². The van der Waals surface area contributed by atoms with Crippen molar-refractivity contribution >= 4 is 21.6 Å². The molecule has 2 aromatic carbocycles. The topological polar surface area (TPSA) is 81.9 Å². The van der Waals surface area contributed by atoms with Crippen LogP contribution in [0.5, 0.6) is 11.5 Å². The van der Waals surface area contributed by atoms with Gasteiger partial charge in [0.1, 0.15) is 11.5 Å². The van der Waals surface area contributed by atoms with E-state index < -0.39 is 10.0 Å². The summed E-state index contributed by atoms with van der Waals surface area (Å²) in [4.78, 5) is 0.168. The Bertz CT molecular complexity index is 1080. The fourth-order valence-electron chi connectivity index (χ4n) is 2.82. The van der Waals surface area contributed by atoms with Gasteiger partial charge in [-0.25, -0.2) is 8.42 Å². The highest BCUT2D eigenvalue weighted by atomic mass is 35.5. The van der Waals surface area contributed by atoms with Crippen molar-refractivity contribution in [3.8, 4) is 22.8 Å². The van der Waals surface area contributed by atoms with Crippen molar-refractivity contribution in [3.05, 3.63) is 59.2 Å². The number of sulfonamides is 1. The normalized spacial score (nSPS) is 11.6. The molecular formula is C20H21ClN2O5S. The minimum absolute atomic E-state index is 0.0667. The Labute approximate surface area is 174 Å². The summed E-state index contributed by atoms with van der Waals surface area (Å²) in [5.41, 5.74) is 1.14. The number of methoxy groups -OCH3 is 2. The van der Waals surface area contributed by atoms with Crippen molar-refractivity contribution in [1.82, 2.24) is 9.46 Å². The van der Waals surface area contributed by atoms with Crippen molar-refractivity contribution in [3.63, 3.8) is 0 Å². The molecule has 29 heavy (non-hydrogen) atoms. The number of benzene rings is 2. The third-order valence-electron chi connectivity index (χ3n) is 4.37. The molecule has 0 N–H and O–H groups in total. The van der Waals surface area contributed by atoms with Crippen LogP contribution in [-0.2, 0) is 16.6 Å². The van der Waals surface area contributed by atoms with Gasteiger partial charge in [-0.05, 0) is 42.5 Å². The Morgan fingerprint density at radius 1 is 1.07 bits per heavy atom. The first-order valence-corrected chi connectivity index (χ1v) is 10.6. The van der Waals surface area contributed by atoms with Gasteiger partial charge < -0.3 is 14.0 Å². The quantitative estimate of drug-likeness (QED) is 0.525. The molecule has 3 rings (SSSR count). The SMILES string of the molecule is CCN(Cc1cc(-c2cc(OC)ccc2OC)on1)S(=O)(=O)c1ccc(Cl)cc1. The lowest BCUT2D eigenvalue weighted by Crippen LogP contribution is -2.30. The molecule has 0 fully saturated rings. The highest BCUT2D eigenvalue weighted by Gasteiger charge is 2.25. The lowest BCUT2D eigenvalue weighted by atomic mass is 10.1. The van der Waals surface area contributed by atoms with Gasteiger partial charge in [-0.3, -0.25) is 0 Å². The fourth-order valence-corrected chi connectivity index (χ4v) is 4.37. The summed E-state index contributed by atoms with van der Waals surface area (Å²) in [6.45, 7) is 2.10. The highest BCUT2D eigenvalue weighted by molar-refractivity contribution is 7.89. The van der Waals surface area contributed by atoms with Gasteiger partial charge in [-0.15, -0.1) is 0 Å². The molecule has 0 radical (unpaired) electrons. The van der Waals surface area contributed by atoms with Gasteiger partial charge in [0, 0.05) is 17.6 Å². The Morgan fingerprint density at radius 3 is 2.41 bits per heavy atom. The number of nitrogens with zero attached hydrogens (tertiary/aromatic N) is 2. The maximum Gasteiger partial charge on any atom is 0.243 e. The smallest absolute Gasteiger partial charge is 0.243 e. The van der Waals surface area contributed by atoms with Crippen LogP contribution in [0.3, 0.4) is 0 Å². The monoisotopic (exact) mass is 436 g/mol. The molecule has 0 saturated carbocycles. The molecule has 0 aliphatic rings. The second kappa shape index (κ2) is 8.86. The lowest BCUT2D eigenvalue weighted by Gasteiger charge is -2.19. The molecule has 0 amide bonds. The van der Waals surface area contributed by atoms with E-state index in [9.17, 15) is 8.42 Å². The van der Waals surface area contributed by atoms with Crippen LogP contribution in [0.4, 0.5) is 0 Å². The molecule has 0 aliphatic carbocycles. The van der Waals surface area contributed by atoms with Gasteiger partial charge in [-0.2, -0.15) is 4.31 Å². The summed E-state index contributed by atoms with van der Waals surface area (Å²) in [7, 11) is -0.573. The Morgan fingerprint density at radius 2 is 1.79 bits per heavy atom. The van der Waals surface area contributed by atoms with Crippen LogP contribution in [0, 0.1) is 0 Å². The third-order valence-corrected chi connectivity index (χ3v) is 6.56. The second-order valence-electron chi connectivity index (χ2n) is 6.13. The first-order chi connectivity index (χ1) is 13.9. The molecule has 0 bridgehead atoms. The predicted octanol–water partition coefficient (Wildman–Crippen LogP) is 4.22. The standard InChI is InChI=1S/C20H21ClN2O5S/c1-4-23(29(24,25)17-8-5-14(21)6-9-17)13-15-11-20(28-22-15)18-12-16(26-2)7-10-19(18)27-3/h5-12H,4,13H2,1-3H3. The zero-order chi connectivity index (χ0) is 21.0. The van der Waals surface area contributed by atoms with Crippen molar-refractivity contribution in [1.29, 1.82) is 0 Å². The van der Waals surface area contributed by atoms with Gasteiger partial charge in [-0.1, -0.05) is 23.7 Å². The third kappa shape index (κ3) is 4.55. The van der Waals surface area contributed by atoms with E-state index in [2.05, 4.69) is 5.16 Å². The molecule has 1 heterocycles. The summed E-state index contributed by atoms with van der Waals surface area (Å²) >= 11 is 5.86. The van der Waals surface area contributed by atoms with Crippen LogP contribution in [0.25, 0.3) is 11.3 Å². The van der Waals surface area contributed by atoms with Gasteiger partial charge in [0.15, 0.2) is 5.76 Å². The Balaban J connectivity index is 1.88. The maximum atomic E-state index is 12.9. The van der Waals surface area contributed by atoms with E-state index >= 15 is 0 Å². The zero-order valence-electron chi connectivity index (χ0n) is 16.3. The van der Waals surface area contributed by atoms with Crippen LogP contribution in [0.2, 0.25) is 5.02 Å². The number of halogens is 1. The van der Waals surface area contributed by atoms with Crippen LogP contribution < -0.4 is 9.47 Å². The fraction of sp³-hybridized carbons (Fsp3) is 0.250. The molecule has 154 valence electrons. The van der Waals surface area contributed by atoms with Gasteiger partial charge in [0.05, 0.1) is 36.9 Å². The highest BCUT2D eigenvalue weighted by Crippen LogP contribution is 2.34. The summed E-state index contributed by atoms with van der Waals surface area (Å²) < 4.78 is 43.2. The van der Waals surface area contributed by atoms with Gasteiger partial charge in [0.2, 0.25) is 10.0 Å². The van der Waals surface area contributed by atoms with Crippen molar-refractivity contribution in [2.45, 2.75) is 18.4 Å². The Kier molecular flexibility index (Phi) is 6.46. The number of hydrogen-bond donors (Lipinski definition) is 0. The van der Waals surface area contributed by atoms with Gasteiger partial charge >= 0.3 is 0 Å². The van der Waals surface area contributed by atoms with E-state index in [1.54, 1.807) is 57.5 Å². The van der Waals surface area contributed by atoms with E-state index in [1.165, 1.54) is 16.4 Å². The first-order valence-electron chi connectivity index (χ1n) is 8.82. The van der Waals surface area contributed by atoms with E-state index in [1.807, 2.05) is 0 Å². The predicted molar refractivity (Wildman–Crippen MR) is 110 cm³/mol. The average Bonchev–Trinajstić information content (AvgIpc) is 3.20. The largest absolute Gasteiger partial charge is 0.497 e. The number of rotatable bonds is 8. The molecule has 9 heteroatoms. The van der Waals surface area contributed by atoms with E-state index in [-0.39, 0.29) is 18.0 Å². The minimum Gasteiger partial charge on any atom is -0.497 e. The van der Waals surface area contributed by atoms with Crippen LogP contribution >= 0.6 is 11.6 Å². The molecule has 0 saturated heterocycles. The number of hydrogen-bond acceptors (Lipinski definition) is 6. The molecule has 0 aliphatic heterocycles. The second-order valence-corrected chi connectivity index (χ2v) is 8.51. The molecule has 1 aromatic heterocycles. The molecule has 0 spiro atoms. The van der Waals surface area contributed by atoms with Crippen LogP contribution in [0.1, 0.15) is 12.6 Å². The first kappa shape index (κ1) is 21.2. The summed E-state index contributed by atoms with van der Waals surface area (Å²) in [5, 5.41) is 4.51. The summed E-state index contributed by atoms with van der Waals surface area (Å²) in [6.07, 6.45) is 0. The number of ether oxygens (including phenoxy) is 2. The summed E-state index contributed by atoms with van der Waals surface area (Å²) in [5.74, 6) is 1.68. The molecule has 0 atom stereocenters. The van der Waals surface area contributed by atoms with Crippen molar-refractivity contribution < 1.29 is 22.4 Å². The molecule has 3 aromatic rings. The summed E-state index contributed by atoms with van der Waals surface area (Å²) in [6, 6.07) is 13.1. The molecular weight excluding hydrogens is 416 g/mol. The maximum absolute atomic E-state index is 12.9. The van der Waals surface area contributed by atoms with Crippen LogP contribution in [0.15, 0.2) is 57.9 Å². The average molecular weight is 437 g/mol. The zero-order valence-corrected chi connectivity index (χ0v) is 17.8.